The van der Waals surface area contributed by atoms with Gasteiger partial charge in [0, 0.05) is 20.8 Å². The van der Waals surface area contributed by atoms with Gasteiger partial charge in [0.15, 0.2) is 0 Å². The molecule has 0 rings (SSSR count). The van der Waals surface area contributed by atoms with Crippen molar-refractivity contribution >= 4 is 38.2 Å². The quantitative estimate of drug-likeness (QED) is 0.254. The van der Waals surface area contributed by atoms with Crippen LogP contribution in [-0.2, 0) is 20.8 Å². The van der Waals surface area contributed by atoms with Crippen LogP contribution in [0.1, 0.15) is 0 Å². The summed E-state index contributed by atoms with van der Waals surface area (Å²) in [6.07, 6.45) is 0. The molecule has 0 aromatic carbocycles. The molecular formula is H3AlKNO8S2. The Labute approximate surface area is 129 Å². The average molecular weight is 275 g/mol. The van der Waals surface area contributed by atoms with E-state index >= 15 is 0 Å². The van der Waals surface area contributed by atoms with Gasteiger partial charge in [0.1, 0.15) is 0 Å². The Bertz CT molecular complexity index is 219. The molecule has 0 radical (unpaired) electrons. The second-order valence-corrected chi connectivity index (χ2v) is 2.45. The summed E-state index contributed by atoms with van der Waals surface area (Å²) in [5.41, 5.74) is 0. The Morgan fingerprint density at radius 3 is 0.692 bits per heavy atom. The van der Waals surface area contributed by atoms with Crippen LogP contribution in [0.3, 0.4) is 0 Å². The third kappa shape index (κ3) is 559. The summed E-state index contributed by atoms with van der Waals surface area (Å²) in [4.78, 5) is 0. The molecule has 0 aliphatic carbocycles. The minimum absolute atomic E-state index is 0. The van der Waals surface area contributed by atoms with Crippen LogP contribution in [0, 0.1) is 0 Å². The van der Waals surface area contributed by atoms with E-state index in [1.807, 2.05) is 0 Å². The topological polar surface area (TPSA) is 196 Å². The van der Waals surface area contributed by atoms with Crippen molar-refractivity contribution in [3.8, 4) is 0 Å². The SMILES string of the molecule is N.O=S(=O)([O-])[O-].O=S(=O)([O-])[O-].[Al+3].[K+]. The molecule has 72 valence electrons. The second-order valence-electron chi connectivity index (χ2n) is 0.816. The first-order valence-electron chi connectivity index (χ1n) is 1.33. The van der Waals surface area contributed by atoms with E-state index in [2.05, 4.69) is 0 Å². The maximum Gasteiger partial charge on any atom is 3.00 e. The van der Waals surface area contributed by atoms with Gasteiger partial charge in [0.25, 0.3) is 0 Å². The monoisotopic (exact) mass is 275 g/mol. The standard InChI is InChI=1S/Al.K.H3N.2H2O4S/c;;;2*1-5(2,3)4/h;;1H3;2*(H2,1,2,3,4)/q+3;+1;;;/p-4. The third-order valence-corrected chi connectivity index (χ3v) is 0. The first-order valence-corrected chi connectivity index (χ1v) is 4.00. The summed E-state index contributed by atoms with van der Waals surface area (Å²) >= 11 is 0. The van der Waals surface area contributed by atoms with Gasteiger partial charge in [-0.05, 0) is 0 Å². The summed E-state index contributed by atoms with van der Waals surface area (Å²) in [6.45, 7) is 0. The molecule has 3 N–H and O–H groups in total. The molecule has 0 fully saturated rings. The van der Waals surface area contributed by atoms with Crippen molar-refractivity contribution in [1.29, 1.82) is 0 Å². The van der Waals surface area contributed by atoms with Gasteiger partial charge < -0.3 is 24.4 Å². The summed E-state index contributed by atoms with van der Waals surface area (Å²) in [7, 11) is -10.3. The molecule has 13 heteroatoms. The van der Waals surface area contributed by atoms with Crippen molar-refractivity contribution in [2.24, 2.45) is 0 Å². The molecule has 0 unspecified atom stereocenters. The van der Waals surface area contributed by atoms with E-state index in [9.17, 15) is 0 Å². The van der Waals surface area contributed by atoms with Gasteiger partial charge in [-0.3, -0.25) is 16.8 Å². The summed E-state index contributed by atoms with van der Waals surface area (Å²) in [6, 6.07) is 0. The van der Waals surface area contributed by atoms with Crippen LogP contribution in [0.4, 0.5) is 0 Å². The van der Waals surface area contributed by atoms with E-state index < -0.39 is 20.8 Å². The Balaban J connectivity index is -0.0000000267. The zero-order chi connectivity index (χ0) is 9.00. The molecule has 0 heterocycles. The smallest absolute Gasteiger partial charge is 0.759 e. The first kappa shape index (κ1) is 29.4. The number of hydrogen-bond donors (Lipinski definition) is 1. The fourth-order valence-electron chi connectivity index (χ4n) is 0. The first-order chi connectivity index (χ1) is 4.00. The van der Waals surface area contributed by atoms with E-state index in [1.54, 1.807) is 0 Å². The molecule has 0 amide bonds. The van der Waals surface area contributed by atoms with E-state index in [0.717, 1.165) is 0 Å². The molecule has 0 saturated carbocycles. The Morgan fingerprint density at radius 2 is 0.692 bits per heavy atom. The van der Waals surface area contributed by atoms with E-state index in [0.29, 0.717) is 0 Å². The summed E-state index contributed by atoms with van der Waals surface area (Å²) in [5, 5.41) is 0. The predicted molar refractivity (Wildman–Crippen MR) is 31.7 cm³/mol. The van der Waals surface area contributed by atoms with E-state index in [4.69, 9.17) is 35.0 Å². The molecule has 0 spiro atoms. The van der Waals surface area contributed by atoms with Crippen LogP contribution in [0.5, 0.6) is 0 Å². The van der Waals surface area contributed by atoms with Crippen molar-refractivity contribution in [3.63, 3.8) is 0 Å². The number of hydrogen-bond acceptors (Lipinski definition) is 9. The Hall–Kier alpha value is 1.87. The Morgan fingerprint density at radius 1 is 0.692 bits per heavy atom. The van der Waals surface area contributed by atoms with Crippen molar-refractivity contribution < 1.29 is 86.4 Å². The van der Waals surface area contributed by atoms with Crippen LogP contribution in [-0.4, -0.2) is 52.4 Å². The third-order valence-electron chi connectivity index (χ3n) is 0. The molecule has 0 bridgehead atoms. The Kier molecular flexibility index (Phi) is 27.0. The van der Waals surface area contributed by atoms with Gasteiger partial charge in [-0.1, -0.05) is 0 Å². The second kappa shape index (κ2) is 11.9. The predicted octanol–water partition coefficient (Wildman–Crippen LogP) is -5.89. The minimum atomic E-state index is -5.17. The van der Waals surface area contributed by atoms with Gasteiger partial charge in [-0.2, -0.15) is 0 Å². The summed E-state index contributed by atoms with van der Waals surface area (Å²) < 4.78 is 68.2. The normalized spacial score (nSPS) is 8.92. The number of rotatable bonds is 0. The largest absolute Gasteiger partial charge is 3.00 e. The van der Waals surface area contributed by atoms with Gasteiger partial charge in [-0.15, -0.1) is 0 Å². The van der Waals surface area contributed by atoms with Crippen molar-refractivity contribution in [1.82, 2.24) is 6.15 Å². The van der Waals surface area contributed by atoms with E-state index in [1.165, 1.54) is 0 Å². The molecule has 0 aromatic heterocycles. The van der Waals surface area contributed by atoms with Gasteiger partial charge in [-0.25, -0.2) is 0 Å². The van der Waals surface area contributed by atoms with Crippen molar-refractivity contribution in [2.45, 2.75) is 0 Å². The van der Waals surface area contributed by atoms with Crippen LogP contribution in [0.2, 0.25) is 0 Å². The molecule has 0 aromatic rings. The van der Waals surface area contributed by atoms with Crippen molar-refractivity contribution in [2.75, 3.05) is 0 Å². The van der Waals surface area contributed by atoms with Crippen LogP contribution in [0.15, 0.2) is 0 Å². The molecule has 9 nitrogen and oxygen atoms in total. The molecular weight excluding hydrogens is 272 g/mol. The molecule has 0 aliphatic rings. The average Bonchev–Trinajstić information content (AvgIpc) is 1.12. The minimum Gasteiger partial charge on any atom is -0.759 e. The molecule has 0 saturated heterocycles. The fraction of sp³-hybridized carbons (Fsp3) is 0. The van der Waals surface area contributed by atoms with Crippen LogP contribution in [0.25, 0.3) is 0 Å². The maximum absolute atomic E-state index is 8.52. The van der Waals surface area contributed by atoms with Gasteiger partial charge >= 0.3 is 68.7 Å². The molecule has 0 aliphatic heterocycles. The molecule has 0 atom stereocenters. The summed E-state index contributed by atoms with van der Waals surface area (Å²) in [5.74, 6) is 0. The van der Waals surface area contributed by atoms with E-state index in [-0.39, 0.29) is 74.9 Å². The zero-order valence-electron chi connectivity index (χ0n) is 6.37. The van der Waals surface area contributed by atoms with Crippen LogP contribution < -0.4 is 57.5 Å². The van der Waals surface area contributed by atoms with Crippen LogP contribution >= 0.6 is 0 Å². The maximum atomic E-state index is 8.52. The van der Waals surface area contributed by atoms with Gasteiger partial charge in [0.05, 0.1) is 0 Å². The van der Waals surface area contributed by atoms with Crippen molar-refractivity contribution in [3.05, 3.63) is 0 Å². The van der Waals surface area contributed by atoms with Gasteiger partial charge in [0.2, 0.25) is 0 Å². The zero-order valence-corrected chi connectivity index (χ0v) is 12.3. The molecule has 13 heavy (non-hydrogen) atoms. The fourth-order valence-corrected chi connectivity index (χ4v) is 0.